The van der Waals surface area contributed by atoms with Gasteiger partial charge in [-0.2, -0.15) is 0 Å². The zero-order valence-corrected chi connectivity index (χ0v) is 25.7. The maximum absolute atomic E-state index is 15.7. The molecule has 45 heavy (non-hydrogen) atoms. The van der Waals surface area contributed by atoms with E-state index in [9.17, 15) is 5.11 Å². The number of carbonyl (C=O) groups is 1. The Morgan fingerprint density at radius 3 is 2.42 bits per heavy atom. The van der Waals surface area contributed by atoms with Crippen LogP contribution in [0.5, 0.6) is 40.2 Å². The van der Waals surface area contributed by atoms with E-state index in [1.165, 1.54) is 18.2 Å². The third-order valence-corrected chi connectivity index (χ3v) is 12.2. The number of benzene rings is 3. The van der Waals surface area contributed by atoms with E-state index in [0.717, 1.165) is 54.1 Å². The standard InChI is InChI=1S/C36H34N2O7/c1-37-14-12-35-20-16-36(34(35)45-32-24(43-4)9-6-18(27(32)35)15-21(20)37)33(40)26-19-7-10-22(41-2)29(39)30(19)44-31-23(42-3)8-5-17-11-13-38(36)28(26)25(17)31/h5-10,20-21,34,39H,11-16H2,1-4H3/t20-,21+,34+,35-,36-/m1/s1. The molecule has 1 saturated heterocycles. The number of methoxy groups -OCH3 is 3. The van der Waals surface area contributed by atoms with Gasteiger partial charge in [-0.25, -0.2) is 0 Å². The van der Waals surface area contributed by atoms with E-state index in [1.54, 1.807) is 20.3 Å². The number of Topliss-reactive ketones (excluding diaryl/α,β-unsaturated/α-hetero) is 1. The van der Waals surface area contributed by atoms with E-state index in [0.29, 0.717) is 41.6 Å². The fourth-order valence-electron chi connectivity index (χ4n) is 10.5. The number of carbonyl (C=O) groups excluding carboxylic acids is 1. The molecule has 10 rings (SSSR count). The first-order chi connectivity index (χ1) is 21.9. The van der Waals surface area contributed by atoms with Crippen LogP contribution < -0.4 is 23.7 Å². The molecule has 5 aliphatic heterocycles. The molecule has 2 bridgehead atoms. The number of ether oxygens (including phenoxy) is 5. The zero-order valence-electron chi connectivity index (χ0n) is 25.7. The Morgan fingerprint density at radius 1 is 0.911 bits per heavy atom. The molecule has 0 aromatic heterocycles. The van der Waals surface area contributed by atoms with Gasteiger partial charge >= 0.3 is 0 Å². The van der Waals surface area contributed by atoms with Gasteiger partial charge in [0.1, 0.15) is 11.6 Å². The molecule has 0 radical (unpaired) electrons. The number of hydrogen-bond donors (Lipinski definition) is 1. The van der Waals surface area contributed by atoms with Crippen LogP contribution in [0, 0.1) is 5.92 Å². The fourth-order valence-corrected chi connectivity index (χ4v) is 10.5. The Hall–Kier alpha value is -4.37. The van der Waals surface area contributed by atoms with Crippen molar-refractivity contribution in [3.05, 3.63) is 64.2 Å². The number of likely N-dealkylation sites (N-methyl/N-ethyl adjacent to an activating group) is 1. The second-order valence-corrected chi connectivity index (χ2v) is 13.6. The highest BCUT2D eigenvalue weighted by atomic mass is 16.5. The van der Waals surface area contributed by atoms with Gasteiger partial charge < -0.3 is 38.6 Å². The number of phenolic OH excluding ortho intramolecular Hbond substituents is 1. The molecule has 5 heterocycles. The van der Waals surface area contributed by atoms with Crippen molar-refractivity contribution in [3.8, 4) is 40.2 Å². The molecule has 3 aromatic rings. The second kappa shape index (κ2) is 8.26. The third-order valence-electron chi connectivity index (χ3n) is 12.2. The number of phenols is 1. The van der Waals surface area contributed by atoms with Crippen molar-refractivity contribution in [2.24, 2.45) is 5.92 Å². The van der Waals surface area contributed by atoms with Crippen molar-refractivity contribution >= 4 is 17.1 Å². The van der Waals surface area contributed by atoms with Crippen molar-refractivity contribution in [1.29, 1.82) is 0 Å². The van der Waals surface area contributed by atoms with Crippen LogP contribution >= 0.6 is 0 Å². The molecule has 2 aliphatic carbocycles. The SMILES string of the molecule is COc1ccc2c(c1O)Oc1c(OC)ccc3c1C1=C2C(=O)[C@@]2(C[C@@H]4[C@@H]5Cc6ccc(OC)c7c6[C@]4(CCN5C)[C@@H]2O7)N1CC3. The van der Waals surface area contributed by atoms with E-state index < -0.39 is 5.54 Å². The number of nitrogens with zero attached hydrogens (tertiary/aromatic N) is 2. The quantitative estimate of drug-likeness (QED) is 0.461. The molecule has 7 aliphatic rings. The molecule has 1 N–H and O–H groups in total. The van der Waals surface area contributed by atoms with E-state index >= 15 is 4.79 Å². The highest BCUT2D eigenvalue weighted by Crippen LogP contribution is 2.72. The second-order valence-electron chi connectivity index (χ2n) is 13.6. The summed E-state index contributed by atoms with van der Waals surface area (Å²) in [6.45, 7) is 1.62. The molecular formula is C36H34N2O7. The minimum absolute atomic E-state index is 0.0332. The number of rotatable bonds is 3. The van der Waals surface area contributed by atoms with Crippen LogP contribution in [0.15, 0.2) is 36.4 Å². The summed E-state index contributed by atoms with van der Waals surface area (Å²) in [4.78, 5) is 20.5. The van der Waals surface area contributed by atoms with Crippen molar-refractivity contribution in [1.82, 2.24) is 9.80 Å². The summed E-state index contributed by atoms with van der Waals surface area (Å²) < 4.78 is 30.9. The molecule has 2 spiro atoms. The molecule has 9 nitrogen and oxygen atoms in total. The van der Waals surface area contributed by atoms with Crippen molar-refractivity contribution in [2.45, 2.75) is 48.8 Å². The molecule has 3 aromatic carbocycles. The van der Waals surface area contributed by atoms with Crippen LogP contribution in [0.25, 0.3) is 11.3 Å². The highest BCUT2D eigenvalue weighted by Gasteiger charge is 2.78. The van der Waals surface area contributed by atoms with Gasteiger partial charge in [0, 0.05) is 34.7 Å². The van der Waals surface area contributed by atoms with E-state index in [2.05, 4.69) is 29.0 Å². The zero-order chi connectivity index (χ0) is 30.6. The molecule has 230 valence electrons. The number of aromatic hydroxyl groups is 1. The van der Waals surface area contributed by atoms with Crippen LogP contribution in [0.1, 0.15) is 40.7 Å². The third kappa shape index (κ3) is 2.68. The lowest BCUT2D eigenvalue weighted by Crippen LogP contribution is -2.62. The predicted molar refractivity (Wildman–Crippen MR) is 165 cm³/mol. The van der Waals surface area contributed by atoms with Gasteiger partial charge in [0.15, 0.2) is 40.3 Å². The summed E-state index contributed by atoms with van der Waals surface area (Å²) in [5, 5.41) is 11.4. The lowest BCUT2D eigenvalue weighted by atomic mass is 9.58. The van der Waals surface area contributed by atoms with Crippen LogP contribution in [0.3, 0.4) is 0 Å². The number of hydrogen-bond acceptors (Lipinski definition) is 9. The number of fused-ring (bicyclic) bond motifs is 4. The summed E-state index contributed by atoms with van der Waals surface area (Å²) in [5.41, 5.74) is 5.26. The molecule has 5 atom stereocenters. The van der Waals surface area contributed by atoms with Gasteiger partial charge in [-0.3, -0.25) is 4.79 Å². The lowest BCUT2D eigenvalue weighted by Gasteiger charge is -2.52. The minimum Gasteiger partial charge on any atom is -0.502 e. The molecule has 2 fully saturated rings. The Labute approximate surface area is 260 Å². The average Bonchev–Trinajstić information content (AvgIpc) is 3.59. The van der Waals surface area contributed by atoms with Crippen LogP contribution in [0.4, 0.5) is 0 Å². The Morgan fingerprint density at radius 2 is 1.64 bits per heavy atom. The first-order valence-electron chi connectivity index (χ1n) is 15.8. The fraction of sp³-hybridized carbons (Fsp3) is 0.417. The smallest absolute Gasteiger partial charge is 0.202 e. The van der Waals surface area contributed by atoms with Crippen molar-refractivity contribution in [3.63, 3.8) is 0 Å². The molecule has 0 amide bonds. The van der Waals surface area contributed by atoms with E-state index in [4.69, 9.17) is 23.7 Å². The average molecular weight is 607 g/mol. The van der Waals surface area contributed by atoms with Gasteiger partial charge in [0.25, 0.3) is 0 Å². The predicted octanol–water partition coefficient (Wildman–Crippen LogP) is 4.55. The van der Waals surface area contributed by atoms with Crippen molar-refractivity contribution < 1.29 is 33.6 Å². The summed E-state index contributed by atoms with van der Waals surface area (Å²) in [5.74, 6) is 3.20. The normalized spacial score (nSPS) is 30.8. The van der Waals surface area contributed by atoms with Crippen LogP contribution in [0.2, 0.25) is 0 Å². The maximum Gasteiger partial charge on any atom is 0.202 e. The number of piperidine rings is 1. The van der Waals surface area contributed by atoms with Gasteiger partial charge in [-0.15, -0.1) is 0 Å². The minimum atomic E-state index is -0.938. The van der Waals surface area contributed by atoms with Gasteiger partial charge in [0.05, 0.1) is 32.6 Å². The maximum atomic E-state index is 15.7. The summed E-state index contributed by atoms with van der Waals surface area (Å²) in [6.07, 6.45) is 2.90. The van der Waals surface area contributed by atoms with E-state index in [-0.39, 0.29) is 40.5 Å². The first kappa shape index (κ1) is 25.9. The van der Waals surface area contributed by atoms with Crippen LogP contribution in [-0.2, 0) is 23.1 Å². The van der Waals surface area contributed by atoms with Crippen molar-refractivity contribution in [2.75, 3.05) is 41.5 Å². The van der Waals surface area contributed by atoms with Gasteiger partial charge in [-0.1, -0.05) is 12.1 Å². The number of ketones is 1. The monoisotopic (exact) mass is 606 g/mol. The van der Waals surface area contributed by atoms with Gasteiger partial charge in [-0.05, 0) is 80.6 Å². The van der Waals surface area contributed by atoms with Crippen LogP contribution in [-0.4, -0.2) is 79.8 Å². The first-order valence-corrected chi connectivity index (χ1v) is 15.8. The molecule has 9 heteroatoms. The highest BCUT2D eigenvalue weighted by molar-refractivity contribution is 6.36. The topological polar surface area (TPSA) is 89.9 Å². The Balaban J connectivity index is 1.26. The Kier molecular flexibility index (Phi) is 4.75. The van der Waals surface area contributed by atoms with Gasteiger partial charge in [0.2, 0.25) is 5.75 Å². The summed E-state index contributed by atoms with van der Waals surface area (Å²) in [6, 6.07) is 12.1. The lowest BCUT2D eigenvalue weighted by molar-refractivity contribution is -0.126. The Bertz CT molecular complexity index is 1930. The van der Waals surface area contributed by atoms with E-state index in [1.807, 2.05) is 18.2 Å². The largest absolute Gasteiger partial charge is 0.502 e. The summed E-state index contributed by atoms with van der Waals surface area (Å²) in [7, 11) is 7.04. The molecular weight excluding hydrogens is 572 g/mol. The molecule has 1 saturated carbocycles. The number of likely N-dealkylation sites (tertiary alicyclic amines) is 1. The summed E-state index contributed by atoms with van der Waals surface area (Å²) >= 11 is 0. The molecule has 0 unspecified atom stereocenters.